The first-order valence-corrected chi connectivity index (χ1v) is 8.34. The van der Waals surface area contributed by atoms with E-state index < -0.39 is 0 Å². The van der Waals surface area contributed by atoms with Gasteiger partial charge in [-0.1, -0.05) is 54.8 Å². The second-order valence-corrected chi connectivity index (χ2v) is 6.64. The van der Waals surface area contributed by atoms with E-state index in [1.54, 1.807) is 5.57 Å². The van der Waals surface area contributed by atoms with E-state index in [1.807, 2.05) is 0 Å². The molecule has 3 aliphatic rings. The minimum atomic E-state index is 0.307. The fourth-order valence-corrected chi connectivity index (χ4v) is 4.55. The molecule has 1 saturated carbocycles. The van der Waals surface area contributed by atoms with Gasteiger partial charge in [0, 0.05) is 11.8 Å². The van der Waals surface area contributed by atoms with E-state index in [0.29, 0.717) is 18.1 Å². The van der Waals surface area contributed by atoms with Crippen LogP contribution in [-0.4, -0.2) is 6.10 Å². The largest absolute Gasteiger partial charge is 0.369 e. The summed E-state index contributed by atoms with van der Waals surface area (Å²) in [4.78, 5) is 0. The molecule has 0 amide bonds. The summed E-state index contributed by atoms with van der Waals surface area (Å²) in [5.74, 6) is 1.37. The zero-order valence-corrected chi connectivity index (χ0v) is 12.1. The topological polar surface area (TPSA) is 9.23 Å². The maximum atomic E-state index is 6.61. The van der Waals surface area contributed by atoms with Crippen LogP contribution in [0.4, 0.5) is 0 Å². The molecule has 0 radical (unpaired) electrons. The van der Waals surface area contributed by atoms with E-state index in [9.17, 15) is 0 Å². The lowest BCUT2D eigenvalue weighted by molar-refractivity contribution is -0.106. The predicted octanol–water partition coefficient (Wildman–Crippen LogP) is 5.04. The minimum absolute atomic E-state index is 0.307. The zero-order valence-electron chi connectivity index (χ0n) is 12.1. The van der Waals surface area contributed by atoms with Crippen LogP contribution in [-0.2, 0) is 4.74 Å². The number of ether oxygens (including phenoxy) is 1. The highest BCUT2D eigenvalue weighted by molar-refractivity contribution is 5.27. The van der Waals surface area contributed by atoms with Gasteiger partial charge in [0.25, 0.3) is 0 Å². The highest BCUT2D eigenvalue weighted by Crippen LogP contribution is 2.50. The summed E-state index contributed by atoms with van der Waals surface area (Å²) in [6, 6.07) is 10.9. The molecule has 1 aliphatic heterocycles. The molecule has 0 bridgehead atoms. The molecular formula is C19H24O. The van der Waals surface area contributed by atoms with Crippen LogP contribution in [0.3, 0.4) is 0 Å². The molecule has 1 nitrogen and oxygen atoms in total. The summed E-state index contributed by atoms with van der Waals surface area (Å²) in [6.07, 6.45) is 12.6. The smallest absolute Gasteiger partial charge is 0.0894 e. The maximum Gasteiger partial charge on any atom is 0.0894 e. The monoisotopic (exact) mass is 268 g/mol. The van der Waals surface area contributed by atoms with E-state index in [0.717, 1.165) is 5.92 Å². The predicted molar refractivity (Wildman–Crippen MR) is 81.4 cm³/mol. The van der Waals surface area contributed by atoms with Crippen LogP contribution in [0, 0.1) is 11.8 Å². The second kappa shape index (κ2) is 5.37. The minimum Gasteiger partial charge on any atom is -0.369 e. The molecule has 1 aromatic carbocycles. The zero-order chi connectivity index (χ0) is 13.4. The Hall–Kier alpha value is -1.08. The Labute approximate surface area is 122 Å². The van der Waals surface area contributed by atoms with Crippen LogP contribution in [0.1, 0.15) is 56.6 Å². The van der Waals surface area contributed by atoms with Crippen molar-refractivity contribution < 1.29 is 4.74 Å². The maximum absolute atomic E-state index is 6.61. The fourth-order valence-electron chi connectivity index (χ4n) is 4.55. The molecule has 4 atom stereocenters. The van der Waals surface area contributed by atoms with Gasteiger partial charge >= 0.3 is 0 Å². The summed E-state index contributed by atoms with van der Waals surface area (Å²) in [6.45, 7) is 0. The van der Waals surface area contributed by atoms with E-state index in [2.05, 4.69) is 36.4 Å². The number of rotatable bonds is 1. The highest BCUT2D eigenvalue weighted by Gasteiger charge is 2.43. The van der Waals surface area contributed by atoms with E-state index in [4.69, 9.17) is 4.74 Å². The van der Waals surface area contributed by atoms with E-state index in [-0.39, 0.29) is 0 Å². The Balaban J connectivity index is 1.70. The van der Waals surface area contributed by atoms with Crippen LogP contribution < -0.4 is 0 Å². The number of allylic oxidation sites excluding steroid dienone is 1. The summed E-state index contributed by atoms with van der Waals surface area (Å²) < 4.78 is 6.61. The first-order valence-electron chi connectivity index (χ1n) is 8.34. The first kappa shape index (κ1) is 12.6. The Morgan fingerprint density at radius 3 is 2.55 bits per heavy atom. The standard InChI is InChI=1S/C19H24O/c1-2-8-14(9-3-1)19-17-12-5-4-10-15(17)16-11-6-7-13-18(16)20-19/h1-3,8-10,16-19H,4-7,11-13H2. The third kappa shape index (κ3) is 2.13. The highest BCUT2D eigenvalue weighted by atomic mass is 16.5. The van der Waals surface area contributed by atoms with Gasteiger partial charge in [-0.3, -0.25) is 0 Å². The summed E-state index contributed by atoms with van der Waals surface area (Å²) in [5, 5.41) is 0. The van der Waals surface area contributed by atoms with Gasteiger partial charge < -0.3 is 4.74 Å². The summed E-state index contributed by atoms with van der Waals surface area (Å²) in [5.41, 5.74) is 3.13. The van der Waals surface area contributed by atoms with Gasteiger partial charge in [0.1, 0.15) is 0 Å². The third-order valence-electron chi connectivity index (χ3n) is 5.47. The molecule has 0 aromatic heterocycles. The van der Waals surface area contributed by atoms with Gasteiger partial charge in [-0.2, -0.15) is 0 Å². The van der Waals surface area contributed by atoms with Crippen molar-refractivity contribution in [1.29, 1.82) is 0 Å². The van der Waals surface area contributed by atoms with Crippen molar-refractivity contribution in [2.45, 2.75) is 57.2 Å². The molecule has 0 spiro atoms. The van der Waals surface area contributed by atoms with Crippen molar-refractivity contribution in [3.63, 3.8) is 0 Å². The van der Waals surface area contributed by atoms with Crippen molar-refractivity contribution >= 4 is 0 Å². The second-order valence-electron chi connectivity index (χ2n) is 6.64. The molecule has 4 unspecified atom stereocenters. The Morgan fingerprint density at radius 1 is 0.850 bits per heavy atom. The average Bonchev–Trinajstić information content (AvgIpc) is 2.55. The van der Waals surface area contributed by atoms with Gasteiger partial charge in [-0.15, -0.1) is 0 Å². The van der Waals surface area contributed by atoms with E-state index in [1.165, 1.54) is 50.5 Å². The van der Waals surface area contributed by atoms with Crippen molar-refractivity contribution in [1.82, 2.24) is 0 Å². The lowest BCUT2D eigenvalue weighted by Gasteiger charge is -2.47. The van der Waals surface area contributed by atoms with Gasteiger partial charge in [-0.25, -0.2) is 0 Å². The normalized spacial score (nSPS) is 36.7. The number of hydrogen-bond acceptors (Lipinski definition) is 1. The molecule has 1 saturated heterocycles. The summed E-state index contributed by atoms with van der Waals surface area (Å²) in [7, 11) is 0. The number of benzene rings is 1. The van der Waals surface area contributed by atoms with Crippen LogP contribution in [0.25, 0.3) is 0 Å². The Morgan fingerprint density at radius 2 is 1.65 bits per heavy atom. The lowest BCUT2D eigenvalue weighted by atomic mass is 9.68. The fraction of sp³-hybridized carbons (Fsp3) is 0.579. The Kier molecular flexibility index (Phi) is 3.39. The summed E-state index contributed by atoms with van der Waals surface area (Å²) >= 11 is 0. The molecule has 20 heavy (non-hydrogen) atoms. The first-order chi connectivity index (χ1) is 9.93. The van der Waals surface area contributed by atoms with Crippen molar-refractivity contribution in [2.75, 3.05) is 0 Å². The van der Waals surface area contributed by atoms with Gasteiger partial charge in [0.05, 0.1) is 12.2 Å². The molecule has 1 heterocycles. The molecule has 1 heteroatoms. The lowest BCUT2D eigenvalue weighted by Crippen LogP contribution is -2.41. The van der Waals surface area contributed by atoms with Crippen LogP contribution in [0.2, 0.25) is 0 Å². The van der Waals surface area contributed by atoms with Gasteiger partial charge in [0.15, 0.2) is 0 Å². The molecule has 4 rings (SSSR count). The van der Waals surface area contributed by atoms with Crippen LogP contribution >= 0.6 is 0 Å². The molecule has 106 valence electrons. The van der Waals surface area contributed by atoms with E-state index >= 15 is 0 Å². The molecule has 1 aromatic rings. The van der Waals surface area contributed by atoms with Crippen LogP contribution in [0.5, 0.6) is 0 Å². The van der Waals surface area contributed by atoms with Gasteiger partial charge in [0.2, 0.25) is 0 Å². The van der Waals surface area contributed by atoms with Crippen molar-refractivity contribution in [3.05, 3.63) is 47.5 Å². The van der Waals surface area contributed by atoms with Gasteiger partial charge in [-0.05, 0) is 37.7 Å². The molecule has 0 N–H and O–H groups in total. The average molecular weight is 268 g/mol. The Bertz CT molecular complexity index is 490. The number of hydrogen-bond donors (Lipinski definition) is 0. The quantitative estimate of drug-likeness (QED) is 0.648. The van der Waals surface area contributed by atoms with Crippen molar-refractivity contribution in [2.24, 2.45) is 11.8 Å². The van der Waals surface area contributed by atoms with Crippen molar-refractivity contribution in [3.8, 4) is 0 Å². The molecule has 2 fully saturated rings. The SMILES string of the molecule is C1=C2C3CCCCC3OC(c3ccccc3)C2CCC1. The third-order valence-corrected chi connectivity index (χ3v) is 5.47. The van der Waals surface area contributed by atoms with Crippen LogP contribution in [0.15, 0.2) is 42.0 Å². The molecular weight excluding hydrogens is 244 g/mol. The number of fused-ring (bicyclic) bond motifs is 3. The molecule has 2 aliphatic carbocycles.